The van der Waals surface area contributed by atoms with Gasteiger partial charge in [0.05, 0.1) is 30.5 Å². The topological polar surface area (TPSA) is 71.1 Å². The van der Waals surface area contributed by atoms with Crippen molar-refractivity contribution >= 4 is 0 Å². The van der Waals surface area contributed by atoms with Gasteiger partial charge in [-0.3, -0.25) is 4.68 Å². The van der Waals surface area contributed by atoms with Gasteiger partial charge in [0.15, 0.2) is 0 Å². The van der Waals surface area contributed by atoms with E-state index in [0.29, 0.717) is 36.0 Å². The van der Waals surface area contributed by atoms with E-state index in [-0.39, 0.29) is 0 Å². The van der Waals surface area contributed by atoms with Gasteiger partial charge >= 0.3 is 0 Å². The average molecular weight is 452 g/mol. The Labute approximate surface area is 199 Å². The van der Waals surface area contributed by atoms with Crippen molar-refractivity contribution in [3.05, 3.63) is 30.1 Å². The second-order valence-electron chi connectivity index (χ2n) is 11.9. The highest BCUT2D eigenvalue weighted by molar-refractivity contribution is 5.22. The van der Waals surface area contributed by atoms with Crippen LogP contribution in [0.2, 0.25) is 0 Å². The van der Waals surface area contributed by atoms with Gasteiger partial charge < -0.3 is 9.84 Å². The maximum Gasteiger partial charge on any atom is 0.102 e. The number of aromatic nitrogens is 2. The minimum Gasteiger partial charge on any atom is -0.387 e. The predicted octanol–water partition coefficient (Wildman–Crippen LogP) is 5.35. The molecule has 0 radical (unpaired) electrons. The first-order chi connectivity index (χ1) is 15.9. The molecule has 4 fully saturated rings. The van der Waals surface area contributed by atoms with Gasteiger partial charge in [-0.05, 0) is 106 Å². The van der Waals surface area contributed by atoms with Crippen molar-refractivity contribution in [3.63, 3.8) is 0 Å². The zero-order valence-corrected chi connectivity index (χ0v) is 20.5. The molecule has 1 aromatic heterocycles. The van der Waals surface area contributed by atoms with Crippen LogP contribution in [0.3, 0.4) is 0 Å². The lowest BCUT2D eigenvalue weighted by Crippen LogP contribution is -2.52. The van der Waals surface area contributed by atoms with Gasteiger partial charge in [-0.1, -0.05) is 19.1 Å². The molecule has 4 aliphatic carbocycles. The number of hydrogen-bond donors (Lipinski definition) is 1. The zero-order chi connectivity index (χ0) is 23.2. The lowest BCUT2D eigenvalue weighted by Gasteiger charge is -2.57. The van der Waals surface area contributed by atoms with E-state index >= 15 is 0 Å². The smallest absolute Gasteiger partial charge is 0.102 e. The molecule has 5 rings (SSSR count). The standard InChI is InChI=1S/C28H41N3O2/c1-4-33-18-28(32)12-10-22-21(13-28)5-6-24-23(22)9-11-27(3)25(7-8-26(24)27)19(2)16-31-17-20(14-29)15-30-31/h15,17,21-26,32H,2,4-13,16,18H2,1,3H3/t21-,22-,23+,24+,25+,26-,27+,28+/m0/s1. The highest BCUT2D eigenvalue weighted by Gasteiger charge is 2.58. The third-order valence-corrected chi connectivity index (χ3v) is 10.3. The average Bonchev–Trinajstić information content (AvgIpc) is 3.40. The molecule has 0 aliphatic heterocycles. The number of aliphatic hydroxyl groups is 1. The molecule has 4 saturated carbocycles. The third-order valence-electron chi connectivity index (χ3n) is 10.3. The third kappa shape index (κ3) is 4.08. The highest BCUT2D eigenvalue weighted by atomic mass is 16.5. The first-order valence-corrected chi connectivity index (χ1v) is 13.3. The van der Waals surface area contributed by atoms with E-state index in [1.54, 1.807) is 6.20 Å². The summed E-state index contributed by atoms with van der Waals surface area (Å²) in [6.45, 7) is 11.0. The molecule has 1 aromatic rings. The number of nitriles is 1. The summed E-state index contributed by atoms with van der Waals surface area (Å²) in [7, 11) is 0. The summed E-state index contributed by atoms with van der Waals surface area (Å²) < 4.78 is 7.53. The second-order valence-corrected chi connectivity index (χ2v) is 11.9. The quantitative estimate of drug-likeness (QED) is 0.592. The SMILES string of the molecule is C=C(Cn1cc(C#N)cn1)[C@H]1CC[C@H]2[C@@H]3CC[C@H]4C[C@@](O)(COCC)CC[C@@H]4[C@H]3CC[C@]12C. The van der Waals surface area contributed by atoms with Crippen LogP contribution in [0.25, 0.3) is 0 Å². The van der Waals surface area contributed by atoms with Crippen LogP contribution in [-0.4, -0.2) is 33.7 Å². The molecule has 0 unspecified atom stereocenters. The van der Waals surface area contributed by atoms with Crippen molar-refractivity contribution in [2.24, 2.45) is 40.9 Å². The molecular formula is C28H41N3O2. The van der Waals surface area contributed by atoms with E-state index in [2.05, 4.69) is 24.7 Å². The number of allylic oxidation sites excluding steroid dienone is 1. The number of fused-ring (bicyclic) bond motifs is 5. The summed E-state index contributed by atoms with van der Waals surface area (Å²) in [5.74, 6) is 4.52. The maximum atomic E-state index is 11.1. The van der Waals surface area contributed by atoms with E-state index in [1.807, 2.05) is 17.8 Å². The highest BCUT2D eigenvalue weighted by Crippen LogP contribution is 2.65. The van der Waals surface area contributed by atoms with Crippen LogP contribution in [0, 0.1) is 52.3 Å². The summed E-state index contributed by atoms with van der Waals surface area (Å²) in [4.78, 5) is 0. The summed E-state index contributed by atoms with van der Waals surface area (Å²) >= 11 is 0. The van der Waals surface area contributed by atoms with E-state index in [4.69, 9.17) is 10.00 Å². The fraction of sp³-hybridized carbons (Fsp3) is 0.786. The van der Waals surface area contributed by atoms with Crippen LogP contribution in [0.15, 0.2) is 24.5 Å². The van der Waals surface area contributed by atoms with E-state index in [9.17, 15) is 5.11 Å². The Bertz CT molecular complexity index is 918. The van der Waals surface area contributed by atoms with Crippen molar-refractivity contribution in [2.45, 2.75) is 83.8 Å². The monoisotopic (exact) mass is 451 g/mol. The minimum atomic E-state index is -0.596. The Morgan fingerprint density at radius 2 is 2.03 bits per heavy atom. The van der Waals surface area contributed by atoms with Crippen LogP contribution >= 0.6 is 0 Å². The summed E-state index contributed by atoms with van der Waals surface area (Å²) in [6, 6.07) is 2.18. The molecule has 0 saturated heterocycles. The summed E-state index contributed by atoms with van der Waals surface area (Å²) in [5, 5.41) is 24.6. The Balaban J connectivity index is 1.26. The number of nitrogens with zero attached hydrogens (tertiary/aromatic N) is 3. The van der Waals surface area contributed by atoms with Crippen molar-refractivity contribution in [1.82, 2.24) is 9.78 Å². The van der Waals surface area contributed by atoms with Gasteiger partial charge in [0.2, 0.25) is 0 Å². The number of hydrogen-bond acceptors (Lipinski definition) is 4. The lowest BCUT2D eigenvalue weighted by atomic mass is 9.48. The first-order valence-electron chi connectivity index (χ1n) is 13.3. The fourth-order valence-corrected chi connectivity index (χ4v) is 8.88. The fourth-order valence-electron chi connectivity index (χ4n) is 8.88. The molecule has 4 aliphatic rings. The molecule has 5 nitrogen and oxygen atoms in total. The molecule has 5 heteroatoms. The molecule has 1 heterocycles. The van der Waals surface area contributed by atoms with Gasteiger partial charge in [0.25, 0.3) is 0 Å². The molecular weight excluding hydrogens is 410 g/mol. The molecule has 0 spiro atoms. The van der Waals surface area contributed by atoms with Crippen LogP contribution in [0.4, 0.5) is 0 Å². The Kier molecular flexibility index (Phi) is 6.20. The van der Waals surface area contributed by atoms with E-state index in [0.717, 1.165) is 43.1 Å². The van der Waals surface area contributed by atoms with Gasteiger partial charge in [0.1, 0.15) is 6.07 Å². The van der Waals surface area contributed by atoms with Crippen molar-refractivity contribution in [3.8, 4) is 6.07 Å². The van der Waals surface area contributed by atoms with Gasteiger partial charge in [-0.15, -0.1) is 0 Å². The first kappa shape index (κ1) is 23.1. The number of ether oxygens (including phenoxy) is 1. The maximum absolute atomic E-state index is 11.1. The molecule has 0 bridgehead atoms. The second kappa shape index (κ2) is 8.86. The van der Waals surface area contributed by atoms with Gasteiger partial charge in [0, 0.05) is 12.8 Å². The molecule has 0 amide bonds. The number of rotatable bonds is 6. The van der Waals surface area contributed by atoms with E-state index < -0.39 is 5.60 Å². The zero-order valence-electron chi connectivity index (χ0n) is 20.5. The van der Waals surface area contributed by atoms with Crippen LogP contribution in [0.5, 0.6) is 0 Å². The van der Waals surface area contributed by atoms with Crippen molar-refractivity contribution in [1.29, 1.82) is 5.26 Å². The minimum absolute atomic E-state index is 0.348. The molecule has 1 N–H and O–H groups in total. The molecule has 0 aromatic carbocycles. The Morgan fingerprint density at radius 1 is 1.21 bits per heavy atom. The van der Waals surface area contributed by atoms with E-state index in [1.165, 1.54) is 50.5 Å². The molecule has 8 atom stereocenters. The van der Waals surface area contributed by atoms with Crippen molar-refractivity contribution in [2.75, 3.05) is 13.2 Å². The van der Waals surface area contributed by atoms with Crippen LogP contribution in [-0.2, 0) is 11.3 Å². The summed E-state index contributed by atoms with van der Waals surface area (Å²) in [6.07, 6.45) is 14.4. The predicted molar refractivity (Wildman–Crippen MR) is 128 cm³/mol. The van der Waals surface area contributed by atoms with Gasteiger partial charge in [-0.2, -0.15) is 10.4 Å². The van der Waals surface area contributed by atoms with Crippen LogP contribution < -0.4 is 0 Å². The normalized spacial score (nSPS) is 42.1. The molecule has 180 valence electrons. The Hall–Kier alpha value is -1.64. The summed E-state index contributed by atoms with van der Waals surface area (Å²) in [5.41, 5.74) is 1.66. The van der Waals surface area contributed by atoms with Gasteiger partial charge in [-0.25, -0.2) is 0 Å². The Morgan fingerprint density at radius 3 is 2.79 bits per heavy atom. The molecule has 33 heavy (non-hydrogen) atoms. The lowest BCUT2D eigenvalue weighted by molar-refractivity contribution is -0.127. The largest absolute Gasteiger partial charge is 0.387 e. The van der Waals surface area contributed by atoms with Crippen LogP contribution in [0.1, 0.15) is 77.2 Å². The van der Waals surface area contributed by atoms with Crippen molar-refractivity contribution < 1.29 is 9.84 Å².